The lowest BCUT2D eigenvalue weighted by atomic mass is 10.0. The smallest absolute Gasteiger partial charge is 0.410 e. The molecule has 47 heavy (non-hydrogen) atoms. The molecule has 3 aromatic rings. The molecule has 3 amide bonds. The average molecular weight is 684 g/mol. The van der Waals surface area contributed by atoms with Crippen LogP contribution in [0.25, 0.3) is 22.4 Å². The molecule has 2 aliphatic heterocycles. The molecule has 2 aromatic carbocycles. The first-order valence-corrected chi connectivity index (χ1v) is 15.8. The van der Waals surface area contributed by atoms with Gasteiger partial charge in [-0.2, -0.15) is 27.0 Å². The van der Waals surface area contributed by atoms with Crippen LogP contribution in [0.2, 0.25) is 0 Å². The molecule has 1 aromatic heterocycles. The summed E-state index contributed by atoms with van der Waals surface area (Å²) in [5.74, 6) is 0.590. The molecule has 0 spiro atoms. The van der Waals surface area contributed by atoms with Crippen LogP contribution in [-0.4, -0.2) is 74.7 Å². The summed E-state index contributed by atoms with van der Waals surface area (Å²) in [6.07, 6.45) is 4.63. The number of ether oxygens (including phenoxy) is 2. The largest absolute Gasteiger partial charge is 0.444 e. The lowest BCUT2D eigenvalue weighted by molar-refractivity contribution is 0.0211. The van der Waals surface area contributed by atoms with Crippen LogP contribution in [0, 0.1) is 0 Å². The second-order valence-corrected chi connectivity index (χ2v) is 13.8. The third-order valence-corrected chi connectivity index (χ3v) is 7.97. The average Bonchev–Trinajstić information content (AvgIpc) is 3.75. The monoisotopic (exact) mass is 683 g/mol. The minimum atomic E-state index is -0.555. The van der Waals surface area contributed by atoms with Crippen LogP contribution in [0.5, 0.6) is 0 Å². The van der Waals surface area contributed by atoms with Crippen molar-refractivity contribution in [3.8, 4) is 22.4 Å². The molecular formula is C35H49N5O5S2. The zero-order valence-corrected chi connectivity index (χ0v) is 30.2. The Kier molecular flexibility index (Phi) is 12.5. The summed E-state index contributed by atoms with van der Waals surface area (Å²) in [7, 11) is 0. The summed E-state index contributed by atoms with van der Waals surface area (Å²) in [6, 6.07) is 15.4. The number of aromatic nitrogens is 2. The van der Waals surface area contributed by atoms with E-state index in [9.17, 15) is 14.4 Å². The van der Waals surface area contributed by atoms with E-state index in [2.05, 4.69) is 15.3 Å². The number of aromatic amines is 1. The van der Waals surface area contributed by atoms with Crippen molar-refractivity contribution in [3.63, 3.8) is 0 Å². The molecule has 2 N–H and O–H groups in total. The third kappa shape index (κ3) is 9.70. The number of hydrogen-bond acceptors (Lipinski definition) is 6. The van der Waals surface area contributed by atoms with Crippen LogP contribution in [-0.2, 0) is 9.47 Å². The fourth-order valence-electron chi connectivity index (χ4n) is 5.82. The zero-order chi connectivity index (χ0) is 32.4. The van der Waals surface area contributed by atoms with Crippen molar-refractivity contribution in [2.45, 2.75) is 90.5 Å². The van der Waals surface area contributed by atoms with E-state index in [0.29, 0.717) is 25.2 Å². The highest BCUT2D eigenvalue weighted by Crippen LogP contribution is 2.33. The molecule has 2 saturated heterocycles. The first-order valence-electron chi connectivity index (χ1n) is 15.8. The molecule has 0 unspecified atom stereocenters. The predicted molar refractivity (Wildman–Crippen MR) is 193 cm³/mol. The second kappa shape index (κ2) is 15.5. The van der Waals surface area contributed by atoms with E-state index < -0.39 is 11.2 Å². The molecule has 256 valence electrons. The highest BCUT2D eigenvalue weighted by atomic mass is 32.1. The molecule has 0 radical (unpaired) electrons. The van der Waals surface area contributed by atoms with Crippen LogP contribution >= 0.6 is 27.0 Å². The fourth-order valence-corrected chi connectivity index (χ4v) is 5.82. The van der Waals surface area contributed by atoms with E-state index in [-0.39, 0.29) is 57.2 Å². The number of H-pyrrole nitrogens is 1. The molecule has 0 bridgehead atoms. The van der Waals surface area contributed by atoms with Crippen molar-refractivity contribution in [2.24, 2.45) is 0 Å². The summed E-state index contributed by atoms with van der Waals surface area (Å²) >= 11 is 0. The van der Waals surface area contributed by atoms with Crippen molar-refractivity contribution in [1.29, 1.82) is 0 Å². The van der Waals surface area contributed by atoms with E-state index in [0.717, 1.165) is 53.9 Å². The van der Waals surface area contributed by atoms with Gasteiger partial charge < -0.3 is 24.7 Å². The van der Waals surface area contributed by atoms with Crippen molar-refractivity contribution in [1.82, 2.24) is 25.1 Å². The molecule has 2 fully saturated rings. The van der Waals surface area contributed by atoms with Crippen molar-refractivity contribution in [2.75, 3.05) is 19.6 Å². The number of benzene rings is 2. The van der Waals surface area contributed by atoms with Crippen molar-refractivity contribution < 1.29 is 23.9 Å². The molecule has 2 aliphatic rings. The summed E-state index contributed by atoms with van der Waals surface area (Å²) < 4.78 is 11.1. The first kappa shape index (κ1) is 37.8. The molecule has 0 saturated carbocycles. The quantitative estimate of drug-likeness (QED) is 0.285. The molecule has 12 heteroatoms. The van der Waals surface area contributed by atoms with E-state index >= 15 is 0 Å². The van der Waals surface area contributed by atoms with Gasteiger partial charge in [0.2, 0.25) is 0 Å². The Hall–Kier alpha value is -3.64. The van der Waals surface area contributed by atoms with Crippen LogP contribution in [0.3, 0.4) is 0 Å². The summed E-state index contributed by atoms with van der Waals surface area (Å²) in [4.78, 5) is 49.7. The van der Waals surface area contributed by atoms with Gasteiger partial charge in [-0.25, -0.2) is 14.6 Å². The zero-order valence-electron chi connectivity index (χ0n) is 28.2. The summed E-state index contributed by atoms with van der Waals surface area (Å²) in [6.45, 7) is 12.8. The van der Waals surface area contributed by atoms with E-state index in [4.69, 9.17) is 9.47 Å². The number of carbonyl (C=O) groups excluding carboxylic acids is 3. The van der Waals surface area contributed by atoms with Gasteiger partial charge >= 0.3 is 12.2 Å². The number of nitrogens with zero attached hydrogens (tertiary/aromatic N) is 3. The maximum atomic E-state index is 12.9. The van der Waals surface area contributed by atoms with Crippen molar-refractivity contribution in [3.05, 3.63) is 66.1 Å². The number of hydrogen-bond donors (Lipinski definition) is 2. The lowest BCUT2D eigenvalue weighted by Crippen LogP contribution is -2.45. The Morgan fingerprint density at radius 1 is 0.787 bits per heavy atom. The topological polar surface area (TPSA) is 117 Å². The van der Waals surface area contributed by atoms with Crippen molar-refractivity contribution >= 4 is 45.1 Å². The van der Waals surface area contributed by atoms with Gasteiger partial charge in [0, 0.05) is 25.2 Å². The highest BCUT2D eigenvalue weighted by molar-refractivity contribution is 7.59. The van der Waals surface area contributed by atoms with E-state index in [1.807, 2.05) is 96.3 Å². The van der Waals surface area contributed by atoms with Gasteiger partial charge in [-0.15, -0.1) is 0 Å². The van der Waals surface area contributed by atoms with Gasteiger partial charge in [-0.3, -0.25) is 9.69 Å². The third-order valence-electron chi connectivity index (χ3n) is 7.97. The van der Waals surface area contributed by atoms with Crippen LogP contribution in [0.1, 0.15) is 89.4 Å². The Balaban J connectivity index is 0.00000300. The molecule has 3 heterocycles. The molecule has 0 aliphatic carbocycles. The number of imidazole rings is 1. The maximum absolute atomic E-state index is 12.9. The number of likely N-dealkylation sites (tertiary alicyclic amines) is 2. The molecule has 2 atom stereocenters. The predicted octanol–water partition coefficient (Wildman–Crippen LogP) is 7.17. The minimum absolute atomic E-state index is 0. The Bertz CT molecular complexity index is 1510. The highest BCUT2D eigenvalue weighted by Gasteiger charge is 2.35. The standard InChI is InChI=1S/C35H45N5O5.2H2S/c1-34(2,3)44-32(42)39-19-7-9-27(39)21-37-31(41)26-17-13-24(14-18-26)23-11-15-25(16-12-23)28-22-36-30(38-28)29-10-8-20-40(29)33(43)45-35(4,5)6;;/h11-18,22,27,29H,7-10,19-21H2,1-6H3,(H,36,38)(H,37,41);2*1H2/t27-,29-;;/m0../s1. The minimum Gasteiger partial charge on any atom is -0.444 e. The van der Waals surface area contributed by atoms with Gasteiger partial charge in [-0.1, -0.05) is 36.4 Å². The van der Waals surface area contributed by atoms with E-state index in [1.54, 1.807) is 9.80 Å². The number of amides is 3. The molecule has 5 rings (SSSR count). The summed E-state index contributed by atoms with van der Waals surface area (Å²) in [5.41, 5.74) is 3.35. The summed E-state index contributed by atoms with van der Waals surface area (Å²) in [5, 5.41) is 2.99. The Morgan fingerprint density at radius 3 is 1.89 bits per heavy atom. The second-order valence-electron chi connectivity index (χ2n) is 13.8. The van der Waals surface area contributed by atoms with Crippen LogP contribution in [0.4, 0.5) is 9.59 Å². The molecular weight excluding hydrogens is 635 g/mol. The normalized spacial score (nSPS) is 17.8. The van der Waals surface area contributed by atoms with Gasteiger partial charge in [0.15, 0.2) is 0 Å². The van der Waals surface area contributed by atoms with Gasteiger partial charge in [0.25, 0.3) is 5.91 Å². The molecule has 10 nitrogen and oxygen atoms in total. The maximum Gasteiger partial charge on any atom is 0.410 e. The SMILES string of the molecule is CC(C)(C)OC(=O)N1CCC[C@H]1CNC(=O)c1ccc(-c2ccc(-c3cnc([C@@H]4CCCN4C(=O)OC(C)(C)C)[nH]3)cc2)cc1.S.S. The number of rotatable bonds is 6. The van der Waals surface area contributed by atoms with Crippen LogP contribution < -0.4 is 5.32 Å². The number of carbonyl (C=O) groups is 3. The lowest BCUT2D eigenvalue weighted by Gasteiger charge is -2.28. The first-order chi connectivity index (χ1) is 21.3. The Labute approximate surface area is 291 Å². The van der Waals surface area contributed by atoms with Gasteiger partial charge in [0.1, 0.15) is 17.0 Å². The Morgan fingerprint density at radius 2 is 1.30 bits per heavy atom. The number of nitrogens with one attached hydrogen (secondary N) is 2. The fraction of sp³-hybridized carbons (Fsp3) is 0.486. The van der Waals surface area contributed by atoms with E-state index in [1.165, 1.54) is 0 Å². The van der Waals surface area contributed by atoms with Crippen LogP contribution in [0.15, 0.2) is 54.7 Å². The van der Waals surface area contributed by atoms with Gasteiger partial charge in [-0.05, 0) is 96.0 Å². The van der Waals surface area contributed by atoms with Gasteiger partial charge in [0.05, 0.1) is 24.0 Å².